The number of ketones is 1. The van der Waals surface area contributed by atoms with Crippen molar-refractivity contribution in [2.45, 2.75) is 26.2 Å². The maximum absolute atomic E-state index is 11.8. The summed E-state index contributed by atoms with van der Waals surface area (Å²) in [6, 6.07) is 0. The lowest BCUT2D eigenvalue weighted by atomic mass is 10.1. The largest absolute Gasteiger partial charge is 0.466 e. The van der Waals surface area contributed by atoms with Crippen LogP contribution in [0.4, 0.5) is 0 Å². The summed E-state index contributed by atoms with van der Waals surface area (Å²) < 4.78 is 29.4. The van der Waals surface area contributed by atoms with Crippen LogP contribution in [0.3, 0.4) is 0 Å². The lowest BCUT2D eigenvalue weighted by Gasteiger charge is -2.24. The van der Waals surface area contributed by atoms with E-state index in [4.69, 9.17) is 0 Å². The molecule has 0 aliphatic carbocycles. The fraction of sp³-hybridized carbons (Fsp3) is 0.800. The minimum Gasteiger partial charge on any atom is -0.466 e. The Morgan fingerprint density at radius 1 is 1.47 bits per heavy atom. The number of ether oxygens (including phenoxy) is 1. The van der Waals surface area contributed by atoms with Crippen molar-refractivity contribution in [3.05, 3.63) is 0 Å². The maximum atomic E-state index is 11.8. The first-order valence-electron chi connectivity index (χ1n) is 5.61. The van der Waals surface area contributed by atoms with Gasteiger partial charge in [-0.15, -0.1) is 0 Å². The molecule has 1 heterocycles. The molecule has 0 atom stereocenters. The highest BCUT2D eigenvalue weighted by atomic mass is 32.2. The van der Waals surface area contributed by atoms with E-state index in [0.717, 1.165) is 4.31 Å². The highest BCUT2D eigenvalue weighted by molar-refractivity contribution is 7.89. The highest BCUT2D eigenvalue weighted by Gasteiger charge is 2.28. The summed E-state index contributed by atoms with van der Waals surface area (Å²) in [5.74, 6) is -0.894. The van der Waals surface area contributed by atoms with Gasteiger partial charge < -0.3 is 4.74 Å². The average Bonchev–Trinajstić information content (AvgIpc) is 2.27. The summed E-state index contributed by atoms with van der Waals surface area (Å²) in [6.45, 7) is 2.19. The van der Waals surface area contributed by atoms with Gasteiger partial charge in [0.15, 0.2) is 0 Å². The van der Waals surface area contributed by atoms with E-state index in [0.29, 0.717) is 19.4 Å². The standard InChI is InChI=1S/C10H17NO5S/c1-2-16-10(13)5-7-17(14,15)11-6-3-4-9(12)8-11/h2-8H2,1H3. The van der Waals surface area contributed by atoms with Crippen molar-refractivity contribution < 1.29 is 22.7 Å². The number of carbonyl (C=O) groups excluding carboxylic acids is 2. The lowest BCUT2D eigenvalue weighted by molar-refractivity contribution is -0.142. The van der Waals surface area contributed by atoms with Crippen LogP contribution >= 0.6 is 0 Å². The lowest BCUT2D eigenvalue weighted by Crippen LogP contribution is -2.41. The van der Waals surface area contributed by atoms with Gasteiger partial charge in [0.2, 0.25) is 10.0 Å². The highest BCUT2D eigenvalue weighted by Crippen LogP contribution is 2.12. The molecule has 0 bridgehead atoms. The zero-order chi connectivity index (χ0) is 12.9. The Hall–Kier alpha value is -0.950. The van der Waals surface area contributed by atoms with Gasteiger partial charge in [-0.05, 0) is 13.3 Å². The van der Waals surface area contributed by atoms with Gasteiger partial charge in [-0.1, -0.05) is 0 Å². The van der Waals surface area contributed by atoms with Crippen LogP contribution in [-0.2, 0) is 24.3 Å². The van der Waals surface area contributed by atoms with Crippen molar-refractivity contribution in [3.63, 3.8) is 0 Å². The number of carbonyl (C=O) groups is 2. The van der Waals surface area contributed by atoms with Crippen molar-refractivity contribution in [2.24, 2.45) is 0 Å². The van der Waals surface area contributed by atoms with E-state index in [-0.39, 0.29) is 31.1 Å². The molecular weight excluding hydrogens is 246 g/mol. The molecule has 0 N–H and O–H groups in total. The Morgan fingerprint density at radius 2 is 2.18 bits per heavy atom. The molecule has 7 heteroatoms. The molecule has 98 valence electrons. The third-order valence-corrected chi connectivity index (χ3v) is 4.30. The van der Waals surface area contributed by atoms with Crippen molar-refractivity contribution in [1.82, 2.24) is 4.31 Å². The number of Topliss-reactive ketones (excluding diaryl/α,β-unsaturated/α-hetero) is 1. The first kappa shape index (κ1) is 14.1. The minimum atomic E-state index is -3.52. The van der Waals surface area contributed by atoms with E-state index in [1.165, 1.54) is 0 Å². The van der Waals surface area contributed by atoms with Crippen LogP contribution in [0, 0.1) is 0 Å². The van der Waals surface area contributed by atoms with Crippen LogP contribution in [0.15, 0.2) is 0 Å². The first-order valence-corrected chi connectivity index (χ1v) is 7.22. The zero-order valence-electron chi connectivity index (χ0n) is 9.85. The molecule has 0 unspecified atom stereocenters. The van der Waals surface area contributed by atoms with Crippen molar-refractivity contribution in [1.29, 1.82) is 0 Å². The summed E-state index contributed by atoms with van der Waals surface area (Å²) in [5.41, 5.74) is 0. The van der Waals surface area contributed by atoms with Crippen LogP contribution in [0.2, 0.25) is 0 Å². The average molecular weight is 263 g/mol. The van der Waals surface area contributed by atoms with Gasteiger partial charge >= 0.3 is 5.97 Å². The molecule has 1 fully saturated rings. The van der Waals surface area contributed by atoms with E-state index in [9.17, 15) is 18.0 Å². The quantitative estimate of drug-likeness (QED) is 0.649. The third-order valence-electron chi connectivity index (χ3n) is 2.48. The molecule has 0 radical (unpaired) electrons. The molecule has 1 saturated heterocycles. The molecule has 1 aliphatic heterocycles. The van der Waals surface area contributed by atoms with Crippen molar-refractivity contribution in [3.8, 4) is 0 Å². The van der Waals surface area contributed by atoms with Gasteiger partial charge in [-0.3, -0.25) is 9.59 Å². The molecule has 0 spiro atoms. The van der Waals surface area contributed by atoms with E-state index in [2.05, 4.69) is 4.74 Å². The zero-order valence-corrected chi connectivity index (χ0v) is 10.7. The molecule has 6 nitrogen and oxygen atoms in total. The fourth-order valence-corrected chi connectivity index (χ4v) is 3.05. The van der Waals surface area contributed by atoms with E-state index in [1.54, 1.807) is 6.92 Å². The monoisotopic (exact) mass is 263 g/mol. The molecule has 0 aromatic heterocycles. The maximum Gasteiger partial charge on any atom is 0.306 e. The number of hydrogen-bond donors (Lipinski definition) is 0. The van der Waals surface area contributed by atoms with E-state index >= 15 is 0 Å². The topological polar surface area (TPSA) is 80.8 Å². The predicted molar refractivity (Wildman–Crippen MR) is 60.9 cm³/mol. The van der Waals surface area contributed by atoms with Gasteiger partial charge in [0.25, 0.3) is 0 Å². The molecule has 0 aromatic rings. The third kappa shape index (κ3) is 4.43. The normalized spacial score (nSPS) is 18.1. The summed E-state index contributed by atoms with van der Waals surface area (Å²) in [7, 11) is -3.52. The Bertz CT molecular complexity index is 390. The van der Waals surface area contributed by atoms with Gasteiger partial charge in [-0.25, -0.2) is 8.42 Å². The van der Waals surface area contributed by atoms with Crippen molar-refractivity contribution >= 4 is 21.8 Å². The number of nitrogens with zero attached hydrogens (tertiary/aromatic N) is 1. The van der Waals surface area contributed by atoms with Crippen LogP contribution < -0.4 is 0 Å². The Balaban J connectivity index is 2.50. The Kier molecular flexibility index (Phi) is 5.07. The van der Waals surface area contributed by atoms with Crippen LogP contribution in [0.5, 0.6) is 0 Å². The second kappa shape index (κ2) is 6.11. The Morgan fingerprint density at radius 3 is 2.76 bits per heavy atom. The summed E-state index contributed by atoms with van der Waals surface area (Å²) in [5, 5.41) is 0. The second-order valence-corrected chi connectivity index (χ2v) is 5.94. The van der Waals surface area contributed by atoms with Crippen LogP contribution in [0.1, 0.15) is 26.2 Å². The fourth-order valence-electron chi connectivity index (χ4n) is 1.62. The number of sulfonamides is 1. The molecule has 0 amide bonds. The van der Waals surface area contributed by atoms with Crippen LogP contribution in [0.25, 0.3) is 0 Å². The van der Waals surface area contributed by atoms with Gasteiger partial charge in [0.05, 0.1) is 25.3 Å². The van der Waals surface area contributed by atoms with Gasteiger partial charge in [0, 0.05) is 13.0 Å². The molecule has 0 aromatic carbocycles. The smallest absolute Gasteiger partial charge is 0.306 e. The molecule has 0 saturated carbocycles. The number of rotatable bonds is 5. The SMILES string of the molecule is CCOC(=O)CCS(=O)(=O)N1CCCC(=O)C1. The summed E-state index contributed by atoms with van der Waals surface area (Å²) in [6.07, 6.45) is 0.822. The number of hydrogen-bond acceptors (Lipinski definition) is 5. The van der Waals surface area contributed by atoms with Gasteiger partial charge in [0.1, 0.15) is 5.78 Å². The summed E-state index contributed by atoms with van der Waals surface area (Å²) in [4.78, 5) is 22.2. The van der Waals surface area contributed by atoms with E-state index < -0.39 is 16.0 Å². The Labute approximate surface area is 101 Å². The van der Waals surface area contributed by atoms with E-state index in [1.807, 2.05) is 0 Å². The number of piperidine rings is 1. The molecular formula is C10H17NO5S. The van der Waals surface area contributed by atoms with Crippen LogP contribution in [-0.4, -0.2) is 49.9 Å². The molecule has 1 rings (SSSR count). The van der Waals surface area contributed by atoms with Gasteiger partial charge in [-0.2, -0.15) is 4.31 Å². The molecule has 17 heavy (non-hydrogen) atoms. The predicted octanol–water partition coefficient (Wildman–Crippen LogP) is -0.0657. The second-order valence-electron chi connectivity index (χ2n) is 3.85. The summed E-state index contributed by atoms with van der Waals surface area (Å²) >= 11 is 0. The minimum absolute atomic E-state index is 0.0643. The number of esters is 1. The molecule has 1 aliphatic rings. The first-order chi connectivity index (χ1) is 7.95. The van der Waals surface area contributed by atoms with Crippen molar-refractivity contribution in [2.75, 3.05) is 25.4 Å².